The lowest BCUT2D eigenvalue weighted by Gasteiger charge is -2.44. The molecule has 132 valence electrons. The van der Waals surface area contributed by atoms with E-state index in [9.17, 15) is 0 Å². The second-order valence-electron chi connectivity index (χ2n) is 7.16. The molecule has 1 aliphatic heterocycles. The van der Waals surface area contributed by atoms with Crippen molar-refractivity contribution in [2.45, 2.75) is 64.0 Å². The minimum absolute atomic E-state index is 0.124. The van der Waals surface area contributed by atoms with Crippen LogP contribution in [0.25, 0.3) is 0 Å². The van der Waals surface area contributed by atoms with Crippen LogP contribution in [0.4, 0.5) is 0 Å². The zero-order valence-electron chi connectivity index (χ0n) is 15.0. The van der Waals surface area contributed by atoms with E-state index in [1.54, 1.807) is 18.4 Å². The number of hydrogen-bond donors (Lipinski definition) is 1. The average Bonchev–Trinajstić information content (AvgIpc) is 3.21. The van der Waals surface area contributed by atoms with Crippen molar-refractivity contribution in [2.24, 2.45) is 5.41 Å². The van der Waals surface area contributed by atoms with Crippen LogP contribution in [0.15, 0.2) is 11.4 Å². The highest BCUT2D eigenvalue weighted by molar-refractivity contribution is 7.10. The van der Waals surface area contributed by atoms with Crippen LogP contribution in [-0.4, -0.2) is 25.9 Å². The summed E-state index contributed by atoms with van der Waals surface area (Å²) in [7, 11) is 1.74. The molecule has 0 radical (unpaired) electrons. The molecule has 3 nitrogen and oxygen atoms in total. The lowest BCUT2D eigenvalue weighted by molar-refractivity contribution is -0.109. The summed E-state index contributed by atoms with van der Waals surface area (Å²) in [6.07, 6.45) is 8.36. The summed E-state index contributed by atoms with van der Waals surface area (Å²) in [5.41, 5.74) is 0.253. The summed E-state index contributed by atoms with van der Waals surface area (Å²) >= 11 is 1.75. The average molecular weight is 348 g/mol. The van der Waals surface area contributed by atoms with E-state index in [1.165, 1.54) is 30.6 Å². The molecule has 24 heavy (non-hydrogen) atoms. The topological polar surface area (TPSA) is 30.5 Å². The highest BCUT2D eigenvalue weighted by Crippen LogP contribution is 2.48. The minimum Gasteiger partial charge on any atom is -0.496 e. The maximum atomic E-state index is 6.22. The van der Waals surface area contributed by atoms with Crippen LogP contribution >= 0.6 is 11.3 Å². The van der Waals surface area contributed by atoms with Crippen LogP contribution in [0, 0.1) is 17.3 Å². The van der Waals surface area contributed by atoms with Gasteiger partial charge in [-0.25, -0.2) is 0 Å². The standard InChI is InChI=1S/C20H29NO2S/c1-3-7-19(11-13-23-20(16-19)8-4-5-9-20)10-12-21-15-18-17(22-2)6-14-24-18/h6,14,21H,4-5,8-13,15-16H2,1-2H3. The fourth-order valence-electron chi connectivity index (χ4n) is 4.38. The van der Waals surface area contributed by atoms with Gasteiger partial charge in [-0.1, -0.05) is 18.8 Å². The van der Waals surface area contributed by atoms with Gasteiger partial charge in [0, 0.05) is 18.6 Å². The van der Waals surface area contributed by atoms with E-state index < -0.39 is 0 Å². The maximum absolute atomic E-state index is 6.22. The van der Waals surface area contributed by atoms with Crippen LogP contribution in [0.3, 0.4) is 0 Å². The second-order valence-corrected chi connectivity index (χ2v) is 8.16. The molecule has 0 bridgehead atoms. The fourth-order valence-corrected chi connectivity index (χ4v) is 5.19. The molecule has 0 amide bonds. The summed E-state index contributed by atoms with van der Waals surface area (Å²) in [5.74, 6) is 7.77. The van der Waals surface area contributed by atoms with Gasteiger partial charge in [-0.3, -0.25) is 0 Å². The molecule has 4 heteroatoms. The Morgan fingerprint density at radius 1 is 1.33 bits per heavy atom. The quantitative estimate of drug-likeness (QED) is 0.612. The maximum Gasteiger partial charge on any atom is 0.134 e. The number of thiophene rings is 1. The lowest BCUT2D eigenvalue weighted by atomic mass is 9.70. The third-order valence-electron chi connectivity index (χ3n) is 5.54. The largest absolute Gasteiger partial charge is 0.496 e. The summed E-state index contributed by atoms with van der Waals surface area (Å²) < 4.78 is 11.6. The van der Waals surface area contributed by atoms with Gasteiger partial charge in [0.25, 0.3) is 0 Å². The van der Waals surface area contributed by atoms with E-state index in [0.29, 0.717) is 0 Å². The molecule has 0 aromatic carbocycles. The summed E-state index contributed by atoms with van der Waals surface area (Å²) in [6, 6.07) is 2.04. The van der Waals surface area contributed by atoms with Gasteiger partial charge in [0.15, 0.2) is 0 Å². The first-order valence-corrected chi connectivity index (χ1v) is 9.98. The van der Waals surface area contributed by atoms with Crippen molar-refractivity contribution in [3.8, 4) is 17.6 Å². The number of rotatable bonds is 6. The number of ether oxygens (including phenoxy) is 2. The Bertz CT molecular complexity index is 594. The molecular weight excluding hydrogens is 318 g/mol. The first kappa shape index (κ1) is 17.8. The van der Waals surface area contributed by atoms with Gasteiger partial charge in [0.05, 0.1) is 17.6 Å². The Morgan fingerprint density at radius 2 is 2.17 bits per heavy atom. The van der Waals surface area contributed by atoms with E-state index in [0.717, 1.165) is 44.7 Å². The van der Waals surface area contributed by atoms with Crippen LogP contribution < -0.4 is 10.1 Å². The van der Waals surface area contributed by atoms with E-state index in [1.807, 2.05) is 13.0 Å². The van der Waals surface area contributed by atoms with Crippen LogP contribution in [0.5, 0.6) is 5.75 Å². The van der Waals surface area contributed by atoms with Gasteiger partial charge in [-0.2, -0.15) is 0 Å². The first-order chi connectivity index (χ1) is 11.7. The van der Waals surface area contributed by atoms with E-state index >= 15 is 0 Å². The molecular formula is C20H29NO2S. The monoisotopic (exact) mass is 347 g/mol. The lowest BCUT2D eigenvalue weighted by Crippen LogP contribution is -2.44. The van der Waals surface area contributed by atoms with E-state index in [2.05, 4.69) is 22.5 Å². The molecule has 1 saturated carbocycles. The molecule has 1 aliphatic carbocycles. The zero-order chi connectivity index (χ0) is 16.9. The minimum atomic E-state index is 0.124. The summed E-state index contributed by atoms with van der Waals surface area (Å²) in [4.78, 5) is 1.27. The van der Waals surface area contributed by atoms with Gasteiger partial charge < -0.3 is 14.8 Å². The van der Waals surface area contributed by atoms with Crippen LogP contribution in [-0.2, 0) is 11.3 Å². The number of methoxy groups -OCH3 is 1. The molecule has 1 atom stereocenters. The number of nitrogens with one attached hydrogen (secondary N) is 1. The van der Waals surface area contributed by atoms with Gasteiger partial charge in [0.2, 0.25) is 0 Å². The fraction of sp³-hybridized carbons (Fsp3) is 0.700. The molecule has 1 aromatic heterocycles. The molecule has 2 fully saturated rings. The van der Waals surface area contributed by atoms with Crippen molar-refractivity contribution < 1.29 is 9.47 Å². The Labute approximate surface area is 150 Å². The zero-order valence-corrected chi connectivity index (χ0v) is 15.8. The van der Waals surface area contributed by atoms with Crippen LogP contribution in [0.1, 0.15) is 56.7 Å². The molecule has 2 aliphatic rings. The predicted molar refractivity (Wildman–Crippen MR) is 99.5 cm³/mol. The van der Waals surface area contributed by atoms with Crippen molar-refractivity contribution >= 4 is 11.3 Å². The van der Waals surface area contributed by atoms with Crippen molar-refractivity contribution in [1.29, 1.82) is 0 Å². The normalized spacial score (nSPS) is 25.4. The van der Waals surface area contributed by atoms with Crippen molar-refractivity contribution in [2.75, 3.05) is 20.3 Å². The van der Waals surface area contributed by atoms with Gasteiger partial charge in [-0.05, 0) is 57.0 Å². The SMILES string of the molecule is CC#CC1(CCNCc2sccc2OC)CCOC2(CCCC2)C1. The first-order valence-electron chi connectivity index (χ1n) is 9.10. The molecule has 1 aromatic rings. The molecule has 1 saturated heterocycles. The van der Waals surface area contributed by atoms with Crippen LogP contribution in [0.2, 0.25) is 0 Å². The molecule has 1 unspecified atom stereocenters. The predicted octanol–water partition coefficient (Wildman–Crippen LogP) is 4.37. The van der Waals surface area contributed by atoms with Gasteiger partial charge >= 0.3 is 0 Å². The Kier molecular flexibility index (Phi) is 5.86. The Balaban J connectivity index is 1.56. The van der Waals surface area contributed by atoms with Gasteiger partial charge in [0.1, 0.15) is 5.75 Å². The molecule has 2 heterocycles. The summed E-state index contributed by atoms with van der Waals surface area (Å²) in [5, 5.41) is 5.68. The highest BCUT2D eigenvalue weighted by Gasteiger charge is 2.46. The van der Waals surface area contributed by atoms with Crippen molar-refractivity contribution in [3.05, 3.63) is 16.3 Å². The Morgan fingerprint density at radius 3 is 2.92 bits per heavy atom. The second kappa shape index (κ2) is 7.91. The Hall–Kier alpha value is -1.02. The molecule has 1 spiro atoms. The van der Waals surface area contributed by atoms with Crippen molar-refractivity contribution in [1.82, 2.24) is 5.32 Å². The van der Waals surface area contributed by atoms with E-state index in [-0.39, 0.29) is 11.0 Å². The smallest absolute Gasteiger partial charge is 0.134 e. The number of hydrogen-bond acceptors (Lipinski definition) is 4. The molecule has 3 rings (SSSR count). The third kappa shape index (κ3) is 3.96. The third-order valence-corrected chi connectivity index (χ3v) is 6.45. The van der Waals surface area contributed by atoms with Crippen molar-refractivity contribution in [3.63, 3.8) is 0 Å². The van der Waals surface area contributed by atoms with E-state index in [4.69, 9.17) is 9.47 Å². The highest BCUT2D eigenvalue weighted by atomic mass is 32.1. The summed E-state index contributed by atoms with van der Waals surface area (Å²) in [6.45, 7) is 4.71. The van der Waals surface area contributed by atoms with Gasteiger partial charge in [-0.15, -0.1) is 17.3 Å². The molecule has 1 N–H and O–H groups in total.